The predicted octanol–water partition coefficient (Wildman–Crippen LogP) is 2.90. The number of aryl methyl sites for hydroxylation is 1. The van der Waals surface area contributed by atoms with E-state index in [1.54, 1.807) is 22.9 Å². The lowest BCUT2D eigenvalue weighted by atomic mass is 10.1. The molecule has 1 aliphatic rings. The Balaban J connectivity index is 1.48. The number of aromatic nitrogens is 3. The average molecular weight is 400 g/mol. The molecule has 4 rings (SSSR count). The summed E-state index contributed by atoms with van der Waals surface area (Å²) in [5.41, 5.74) is 4.38. The number of fused-ring (bicyclic) bond motifs is 1. The Morgan fingerprint density at radius 3 is 2.71 bits per heavy atom. The van der Waals surface area contributed by atoms with Crippen LogP contribution in [0.1, 0.15) is 35.5 Å². The first kappa shape index (κ1) is 18.8. The highest BCUT2D eigenvalue weighted by Crippen LogP contribution is 2.27. The Morgan fingerprint density at radius 1 is 1.21 bits per heavy atom. The Labute approximate surface area is 163 Å². The van der Waals surface area contributed by atoms with Crippen LogP contribution in [0.4, 0.5) is 4.39 Å². The molecule has 0 spiro atoms. The van der Waals surface area contributed by atoms with E-state index in [1.165, 1.54) is 12.1 Å². The van der Waals surface area contributed by atoms with Gasteiger partial charge in [-0.15, -0.1) is 5.10 Å². The zero-order valence-corrected chi connectivity index (χ0v) is 16.5. The first-order valence-corrected chi connectivity index (χ1v) is 10.8. The second kappa shape index (κ2) is 7.10. The minimum atomic E-state index is -3.09. The molecular weight excluding hydrogens is 379 g/mol. The molecular formula is C20H21FN4O2S. The largest absolute Gasteiger partial charge is 0.305 e. The van der Waals surface area contributed by atoms with Gasteiger partial charge >= 0.3 is 0 Å². The molecule has 0 fully saturated rings. The van der Waals surface area contributed by atoms with Gasteiger partial charge in [0.2, 0.25) is 0 Å². The fourth-order valence-electron chi connectivity index (χ4n) is 3.53. The Bertz CT molecular complexity index is 1120. The summed E-state index contributed by atoms with van der Waals surface area (Å²) in [6, 6.07) is 11.6. The SMILES string of the molecule is Cc1c(C(C)NCc2ccc3c(c2)CCS3(=O)=O)nnn1-c1ccc(F)cc1. The van der Waals surface area contributed by atoms with Gasteiger partial charge in [-0.05, 0) is 61.7 Å². The summed E-state index contributed by atoms with van der Waals surface area (Å²) < 4.78 is 38.7. The van der Waals surface area contributed by atoms with Crippen LogP contribution in [0.15, 0.2) is 47.4 Å². The van der Waals surface area contributed by atoms with E-state index in [2.05, 4.69) is 15.6 Å². The van der Waals surface area contributed by atoms with Crippen LogP contribution in [0, 0.1) is 12.7 Å². The van der Waals surface area contributed by atoms with Crippen molar-refractivity contribution in [3.8, 4) is 5.69 Å². The maximum atomic E-state index is 13.1. The number of sulfone groups is 1. The normalized spacial score (nSPS) is 16.1. The number of nitrogens with one attached hydrogen (secondary N) is 1. The third-order valence-corrected chi connectivity index (χ3v) is 6.93. The smallest absolute Gasteiger partial charge is 0.178 e. The Morgan fingerprint density at radius 2 is 1.96 bits per heavy atom. The van der Waals surface area contributed by atoms with Gasteiger partial charge in [0.05, 0.1) is 28.1 Å². The van der Waals surface area contributed by atoms with Crippen molar-refractivity contribution >= 4 is 9.84 Å². The summed E-state index contributed by atoms with van der Waals surface area (Å²) in [6.45, 7) is 4.53. The molecule has 3 aromatic rings. The van der Waals surface area contributed by atoms with Gasteiger partial charge in [0.15, 0.2) is 9.84 Å². The van der Waals surface area contributed by atoms with Crippen molar-refractivity contribution in [3.63, 3.8) is 0 Å². The van der Waals surface area contributed by atoms with Crippen molar-refractivity contribution in [2.75, 3.05) is 5.75 Å². The highest BCUT2D eigenvalue weighted by Gasteiger charge is 2.26. The quantitative estimate of drug-likeness (QED) is 0.713. The highest BCUT2D eigenvalue weighted by molar-refractivity contribution is 7.91. The fourth-order valence-corrected chi connectivity index (χ4v) is 5.08. The first-order valence-electron chi connectivity index (χ1n) is 9.11. The maximum Gasteiger partial charge on any atom is 0.178 e. The molecule has 0 radical (unpaired) electrons. The van der Waals surface area contributed by atoms with Crippen LogP contribution < -0.4 is 5.32 Å². The topological polar surface area (TPSA) is 76.9 Å². The van der Waals surface area contributed by atoms with Gasteiger partial charge < -0.3 is 5.32 Å². The monoisotopic (exact) mass is 400 g/mol. The molecule has 8 heteroatoms. The summed E-state index contributed by atoms with van der Waals surface area (Å²) in [6.07, 6.45) is 0.576. The molecule has 1 N–H and O–H groups in total. The van der Waals surface area contributed by atoms with Gasteiger partial charge in [-0.3, -0.25) is 0 Å². The lowest BCUT2D eigenvalue weighted by Gasteiger charge is -2.13. The summed E-state index contributed by atoms with van der Waals surface area (Å²) in [7, 11) is -3.09. The number of benzene rings is 2. The van der Waals surface area contributed by atoms with E-state index in [0.717, 1.165) is 28.2 Å². The van der Waals surface area contributed by atoms with Gasteiger partial charge in [-0.1, -0.05) is 17.3 Å². The maximum absolute atomic E-state index is 13.1. The summed E-state index contributed by atoms with van der Waals surface area (Å²) in [4.78, 5) is 0.461. The molecule has 0 bridgehead atoms. The second-order valence-corrected chi connectivity index (χ2v) is 9.14. The molecule has 1 aliphatic heterocycles. The van der Waals surface area contributed by atoms with E-state index < -0.39 is 9.84 Å². The highest BCUT2D eigenvalue weighted by atomic mass is 32.2. The van der Waals surface area contributed by atoms with Crippen LogP contribution in [0.25, 0.3) is 5.69 Å². The molecule has 28 heavy (non-hydrogen) atoms. The molecule has 1 aromatic heterocycles. The molecule has 0 saturated heterocycles. The van der Waals surface area contributed by atoms with Crippen LogP contribution in [-0.2, 0) is 22.8 Å². The van der Waals surface area contributed by atoms with Crippen molar-refractivity contribution in [3.05, 3.63) is 70.8 Å². The zero-order chi connectivity index (χ0) is 19.9. The fraction of sp³-hybridized carbons (Fsp3) is 0.300. The average Bonchev–Trinajstić information content (AvgIpc) is 3.20. The van der Waals surface area contributed by atoms with Gasteiger partial charge in [0.1, 0.15) is 11.5 Å². The van der Waals surface area contributed by atoms with E-state index in [1.807, 2.05) is 26.0 Å². The van der Waals surface area contributed by atoms with Crippen molar-refractivity contribution < 1.29 is 12.8 Å². The molecule has 146 valence electrons. The van der Waals surface area contributed by atoms with Crippen LogP contribution in [0.2, 0.25) is 0 Å². The lowest BCUT2D eigenvalue weighted by Crippen LogP contribution is -2.19. The Kier molecular flexibility index (Phi) is 4.76. The molecule has 1 unspecified atom stereocenters. The minimum Gasteiger partial charge on any atom is -0.305 e. The molecule has 0 aliphatic carbocycles. The van der Waals surface area contributed by atoms with E-state index in [9.17, 15) is 12.8 Å². The Hall–Kier alpha value is -2.58. The number of nitrogens with zero attached hydrogens (tertiary/aromatic N) is 3. The molecule has 0 saturated carbocycles. The summed E-state index contributed by atoms with van der Waals surface area (Å²) in [5.74, 6) is -0.0969. The number of rotatable bonds is 5. The van der Waals surface area contributed by atoms with E-state index in [0.29, 0.717) is 17.9 Å². The van der Waals surface area contributed by atoms with E-state index in [4.69, 9.17) is 0 Å². The lowest BCUT2D eigenvalue weighted by molar-refractivity contribution is 0.557. The third kappa shape index (κ3) is 3.45. The van der Waals surface area contributed by atoms with Crippen LogP contribution in [0.3, 0.4) is 0 Å². The number of hydrogen-bond acceptors (Lipinski definition) is 5. The number of halogens is 1. The van der Waals surface area contributed by atoms with Gasteiger partial charge in [0.25, 0.3) is 0 Å². The summed E-state index contributed by atoms with van der Waals surface area (Å²) >= 11 is 0. The molecule has 2 heterocycles. The third-order valence-electron chi connectivity index (χ3n) is 5.12. The second-order valence-electron chi connectivity index (χ2n) is 7.06. The minimum absolute atomic E-state index is 0.0498. The predicted molar refractivity (Wildman–Crippen MR) is 104 cm³/mol. The van der Waals surface area contributed by atoms with Crippen LogP contribution in [-0.4, -0.2) is 29.2 Å². The zero-order valence-electron chi connectivity index (χ0n) is 15.7. The van der Waals surface area contributed by atoms with Crippen LogP contribution >= 0.6 is 0 Å². The van der Waals surface area contributed by atoms with Gasteiger partial charge in [-0.25, -0.2) is 17.5 Å². The van der Waals surface area contributed by atoms with E-state index in [-0.39, 0.29) is 17.6 Å². The van der Waals surface area contributed by atoms with Crippen molar-refractivity contribution in [2.45, 2.75) is 37.8 Å². The first-order chi connectivity index (χ1) is 13.3. The number of hydrogen-bond donors (Lipinski definition) is 1. The summed E-state index contributed by atoms with van der Waals surface area (Å²) in [5, 5.41) is 11.9. The van der Waals surface area contributed by atoms with Gasteiger partial charge in [-0.2, -0.15) is 0 Å². The molecule has 1 atom stereocenters. The van der Waals surface area contributed by atoms with Crippen LogP contribution in [0.5, 0.6) is 0 Å². The van der Waals surface area contributed by atoms with E-state index >= 15 is 0 Å². The van der Waals surface area contributed by atoms with Crippen molar-refractivity contribution in [2.24, 2.45) is 0 Å². The molecule has 6 nitrogen and oxygen atoms in total. The van der Waals surface area contributed by atoms with Gasteiger partial charge in [0, 0.05) is 6.54 Å². The molecule has 2 aromatic carbocycles. The molecule has 0 amide bonds. The standard InChI is InChI=1S/C20H21FN4O2S/c1-13(20-14(2)25(24-23-20)18-6-4-17(21)5-7-18)22-12-15-3-8-19-16(11-15)9-10-28(19,26)27/h3-8,11,13,22H,9-10,12H2,1-2H3. The van der Waals surface area contributed by atoms with Crippen molar-refractivity contribution in [1.82, 2.24) is 20.3 Å². The van der Waals surface area contributed by atoms with Crippen molar-refractivity contribution in [1.29, 1.82) is 0 Å².